The lowest BCUT2D eigenvalue weighted by Crippen LogP contribution is -1.94. The summed E-state index contributed by atoms with van der Waals surface area (Å²) in [5, 5.41) is 0. The zero-order valence-corrected chi connectivity index (χ0v) is 9.40. The van der Waals surface area contributed by atoms with Crippen molar-refractivity contribution in [2.75, 3.05) is 11.5 Å². The summed E-state index contributed by atoms with van der Waals surface area (Å²) < 4.78 is 0. The van der Waals surface area contributed by atoms with Crippen LogP contribution in [0.4, 0.5) is 11.4 Å². The van der Waals surface area contributed by atoms with Crippen molar-refractivity contribution in [1.82, 2.24) is 0 Å². The number of rotatable bonds is 2. The molecule has 0 amide bonds. The summed E-state index contributed by atoms with van der Waals surface area (Å²) in [6, 6.07) is 14.0. The fourth-order valence-corrected chi connectivity index (χ4v) is 1.77. The van der Waals surface area contributed by atoms with Crippen molar-refractivity contribution in [2.24, 2.45) is 0 Å². The predicted octanol–water partition coefficient (Wildman–Crippen LogP) is 2.75. The minimum absolute atomic E-state index is 0.803. The van der Waals surface area contributed by atoms with Crippen LogP contribution in [0.3, 0.4) is 0 Å². The van der Waals surface area contributed by atoms with Crippen LogP contribution in [-0.4, -0.2) is 0 Å². The topological polar surface area (TPSA) is 52.0 Å². The molecule has 2 nitrogen and oxygen atoms in total. The van der Waals surface area contributed by atoms with E-state index in [0.717, 1.165) is 17.8 Å². The number of aryl methyl sites for hydroxylation is 1. The molecule has 0 saturated heterocycles. The highest BCUT2D eigenvalue weighted by molar-refractivity contribution is 5.46. The van der Waals surface area contributed by atoms with E-state index >= 15 is 0 Å². The van der Waals surface area contributed by atoms with Gasteiger partial charge in [0.1, 0.15) is 0 Å². The van der Waals surface area contributed by atoms with Crippen molar-refractivity contribution in [3.05, 3.63) is 59.2 Å². The Hall–Kier alpha value is -1.96. The lowest BCUT2D eigenvalue weighted by atomic mass is 10.00. The highest BCUT2D eigenvalue weighted by atomic mass is 14.5. The Balaban J connectivity index is 2.23. The van der Waals surface area contributed by atoms with E-state index in [2.05, 4.69) is 25.1 Å². The normalized spacial score (nSPS) is 10.3. The second-order valence-corrected chi connectivity index (χ2v) is 4.10. The molecule has 82 valence electrons. The van der Waals surface area contributed by atoms with Gasteiger partial charge in [-0.2, -0.15) is 0 Å². The highest BCUT2D eigenvalue weighted by Crippen LogP contribution is 2.17. The van der Waals surface area contributed by atoms with Gasteiger partial charge in [-0.15, -0.1) is 0 Å². The molecule has 2 aromatic carbocycles. The summed E-state index contributed by atoms with van der Waals surface area (Å²) in [6.07, 6.45) is 0.923. The molecule has 0 aliphatic heterocycles. The van der Waals surface area contributed by atoms with Crippen molar-refractivity contribution in [3.8, 4) is 0 Å². The lowest BCUT2D eigenvalue weighted by molar-refractivity contribution is 1.16. The third kappa shape index (κ3) is 2.34. The van der Waals surface area contributed by atoms with Gasteiger partial charge in [0.2, 0.25) is 0 Å². The van der Waals surface area contributed by atoms with E-state index in [1.165, 1.54) is 16.7 Å². The third-order valence-corrected chi connectivity index (χ3v) is 2.74. The summed E-state index contributed by atoms with van der Waals surface area (Å²) in [5.74, 6) is 0. The van der Waals surface area contributed by atoms with Gasteiger partial charge in [-0.1, -0.05) is 18.2 Å². The fraction of sp³-hybridized carbons (Fsp3) is 0.143. The maximum atomic E-state index is 5.72. The Morgan fingerprint density at radius 2 is 1.50 bits per heavy atom. The zero-order valence-electron chi connectivity index (χ0n) is 9.40. The molecule has 0 unspecified atom stereocenters. The van der Waals surface area contributed by atoms with Crippen LogP contribution in [-0.2, 0) is 6.42 Å². The second kappa shape index (κ2) is 4.27. The Kier molecular flexibility index (Phi) is 2.82. The number of hydrogen-bond donors (Lipinski definition) is 2. The van der Waals surface area contributed by atoms with Crippen LogP contribution in [0.5, 0.6) is 0 Å². The molecule has 0 spiro atoms. The van der Waals surface area contributed by atoms with E-state index < -0.39 is 0 Å². The van der Waals surface area contributed by atoms with Crippen LogP contribution in [0.2, 0.25) is 0 Å². The molecular weight excluding hydrogens is 196 g/mol. The Morgan fingerprint density at radius 3 is 2.12 bits per heavy atom. The molecule has 4 N–H and O–H groups in total. The molecule has 0 heterocycles. The van der Waals surface area contributed by atoms with Gasteiger partial charge in [-0.25, -0.2) is 0 Å². The van der Waals surface area contributed by atoms with E-state index in [-0.39, 0.29) is 0 Å². The summed E-state index contributed by atoms with van der Waals surface area (Å²) >= 11 is 0. The van der Waals surface area contributed by atoms with Crippen molar-refractivity contribution in [1.29, 1.82) is 0 Å². The number of benzene rings is 2. The molecule has 2 rings (SSSR count). The van der Waals surface area contributed by atoms with Crippen molar-refractivity contribution >= 4 is 11.4 Å². The number of hydrogen-bond acceptors (Lipinski definition) is 2. The Bertz CT molecular complexity index is 487. The fourth-order valence-electron chi connectivity index (χ4n) is 1.77. The van der Waals surface area contributed by atoms with Gasteiger partial charge in [0.05, 0.1) is 0 Å². The van der Waals surface area contributed by atoms with Gasteiger partial charge in [0.25, 0.3) is 0 Å². The molecule has 16 heavy (non-hydrogen) atoms. The predicted molar refractivity (Wildman–Crippen MR) is 69.3 cm³/mol. The summed E-state index contributed by atoms with van der Waals surface area (Å²) in [6.45, 7) is 2.09. The first-order valence-electron chi connectivity index (χ1n) is 5.34. The van der Waals surface area contributed by atoms with Crippen LogP contribution >= 0.6 is 0 Å². The number of anilines is 2. The van der Waals surface area contributed by atoms with Crippen molar-refractivity contribution in [2.45, 2.75) is 13.3 Å². The number of nitrogens with two attached hydrogens (primary N) is 2. The monoisotopic (exact) mass is 212 g/mol. The first kappa shape index (κ1) is 10.6. The maximum Gasteiger partial charge on any atom is 0.0316 e. The minimum atomic E-state index is 0.803. The van der Waals surface area contributed by atoms with Crippen LogP contribution < -0.4 is 11.5 Å². The third-order valence-electron chi connectivity index (χ3n) is 2.74. The van der Waals surface area contributed by atoms with Crippen LogP contribution in [0, 0.1) is 6.92 Å². The van der Waals surface area contributed by atoms with Gasteiger partial charge < -0.3 is 11.5 Å². The SMILES string of the molecule is Cc1cc(N)ccc1Cc1ccc(N)cc1. The molecule has 0 atom stereocenters. The van der Waals surface area contributed by atoms with Crippen LogP contribution in [0.15, 0.2) is 42.5 Å². The summed E-state index contributed by atoms with van der Waals surface area (Å²) in [7, 11) is 0. The van der Waals surface area contributed by atoms with E-state index in [4.69, 9.17) is 11.5 Å². The molecule has 0 aromatic heterocycles. The van der Waals surface area contributed by atoms with Crippen LogP contribution in [0.1, 0.15) is 16.7 Å². The quantitative estimate of drug-likeness (QED) is 0.752. The van der Waals surface area contributed by atoms with E-state index in [1.54, 1.807) is 0 Å². The van der Waals surface area contributed by atoms with Crippen LogP contribution in [0.25, 0.3) is 0 Å². The average molecular weight is 212 g/mol. The van der Waals surface area contributed by atoms with Crippen molar-refractivity contribution < 1.29 is 0 Å². The largest absolute Gasteiger partial charge is 0.399 e. The molecule has 0 aliphatic carbocycles. The molecule has 0 fully saturated rings. The van der Waals surface area contributed by atoms with Crippen molar-refractivity contribution in [3.63, 3.8) is 0 Å². The van der Waals surface area contributed by atoms with E-state index in [1.807, 2.05) is 24.3 Å². The molecule has 0 bridgehead atoms. The van der Waals surface area contributed by atoms with Gasteiger partial charge in [0, 0.05) is 11.4 Å². The molecule has 0 radical (unpaired) electrons. The zero-order chi connectivity index (χ0) is 11.5. The van der Waals surface area contributed by atoms with Gasteiger partial charge in [0.15, 0.2) is 0 Å². The highest BCUT2D eigenvalue weighted by Gasteiger charge is 2.00. The lowest BCUT2D eigenvalue weighted by Gasteiger charge is -2.07. The van der Waals surface area contributed by atoms with E-state index in [9.17, 15) is 0 Å². The first-order chi connectivity index (χ1) is 7.65. The molecule has 2 aromatic rings. The Morgan fingerprint density at radius 1 is 0.875 bits per heavy atom. The molecule has 0 aliphatic rings. The average Bonchev–Trinajstić information content (AvgIpc) is 2.25. The summed E-state index contributed by atoms with van der Waals surface area (Å²) in [5.41, 5.74) is 16.8. The standard InChI is InChI=1S/C14H16N2/c1-10-8-14(16)7-4-12(10)9-11-2-5-13(15)6-3-11/h2-8H,9,15-16H2,1H3. The summed E-state index contributed by atoms with van der Waals surface area (Å²) in [4.78, 5) is 0. The van der Waals surface area contributed by atoms with Gasteiger partial charge in [-0.05, 0) is 54.3 Å². The second-order valence-electron chi connectivity index (χ2n) is 4.10. The maximum absolute atomic E-state index is 5.72. The van der Waals surface area contributed by atoms with Gasteiger partial charge >= 0.3 is 0 Å². The van der Waals surface area contributed by atoms with E-state index in [0.29, 0.717) is 0 Å². The van der Waals surface area contributed by atoms with Gasteiger partial charge in [-0.3, -0.25) is 0 Å². The molecule has 2 heteroatoms. The minimum Gasteiger partial charge on any atom is -0.399 e. The Labute approximate surface area is 95.9 Å². The molecule has 0 saturated carbocycles. The molecular formula is C14H16N2. The smallest absolute Gasteiger partial charge is 0.0316 e. The number of nitrogen functional groups attached to an aromatic ring is 2. The first-order valence-corrected chi connectivity index (χ1v) is 5.34.